The summed E-state index contributed by atoms with van der Waals surface area (Å²) in [5.74, 6) is -1.83. The van der Waals surface area contributed by atoms with Gasteiger partial charge in [-0.2, -0.15) is 0 Å². The summed E-state index contributed by atoms with van der Waals surface area (Å²) in [6.07, 6.45) is 1.80. The topological polar surface area (TPSA) is 96.2 Å². The number of piperidine rings is 1. The molecule has 1 aromatic heterocycles. The third-order valence-electron chi connectivity index (χ3n) is 4.04. The minimum atomic E-state index is -0.827. The minimum Gasteiger partial charge on any atom is -0.351 e. The lowest BCUT2D eigenvalue weighted by molar-refractivity contribution is 0.0932. The molecule has 1 saturated heterocycles. The molecule has 1 aromatic carbocycles. The van der Waals surface area contributed by atoms with Crippen LogP contribution in [0.3, 0.4) is 0 Å². The molecular formula is C17H19ClF2N4O2S. The van der Waals surface area contributed by atoms with Crippen LogP contribution in [-0.2, 0) is 0 Å². The van der Waals surface area contributed by atoms with E-state index < -0.39 is 17.7 Å². The van der Waals surface area contributed by atoms with E-state index in [1.54, 1.807) is 0 Å². The van der Waals surface area contributed by atoms with Gasteiger partial charge < -0.3 is 16.4 Å². The Balaban J connectivity index is 0.00000261. The monoisotopic (exact) mass is 416 g/mol. The first kappa shape index (κ1) is 21.1. The Morgan fingerprint density at radius 3 is 2.67 bits per heavy atom. The maximum atomic E-state index is 14.1. The molecule has 5 N–H and O–H groups in total. The van der Waals surface area contributed by atoms with Crippen molar-refractivity contribution in [1.82, 2.24) is 10.6 Å². The highest BCUT2D eigenvalue weighted by Gasteiger charge is 2.22. The molecule has 0 aliphatic carbocycles. The smallest absolute Gasteiger partial charge is 0.317 e. The zero-order chi connectivity index (χ0) is 18.7. The van der Waals surface area contributed by atoms with E-state index in [0.717, 1.165) is 42.9 Å². The molecule has 3 amide bonds. The van der Waals surface area contributed by atoms with Crippen LogP contribution >= 0.6 is 23.7 Å². The standard InChI is InChI=1S/C17H18F2N4O2S.ClH/c18-9-3-4-11(13(19)6-9)14-7-12(16(26-14)23-17(20)25)15(24)22-10-2-1-5-21-8-10;/h3-4,6-7,10,21H,1-2,5,8H2,(H,22,24)(H3,20,23,25);1H/t10-;/m0./s1. The molecule has 3 rings (SSSR count). The first-order chi connectivity index (χ1) is 12.4. The van der Waals surface area contributed by atoms with Crippen molar-refractivity contribution in [3.63, 3.8) is 0 Å². The van der Waals surface area contributed by atoms with Crippen LogP contribution in [0.1, 0.15) is 23.2 Å². The highest BCUT2D eigenvalue weighted by atomic mass is 35.5. The number of anilines is 1. The van der Waals surface area contributed by atoms with Crippen LogP contribution in [0.15, 0.2) is 24.3 Å². The Hall–Kier alpha value is -2.23. The van der Waals surface area contributed by atoms with Gasteiger partial charge in [0.15, 0.2) is 0 Å². The summed E-state index contributed by atoms with van der Waals surface area (Å²) >= 11 is 1.00. The van der Waals surface area contributed by atoms with E-state index in [2.05, 4.69) is 16.0 Å². The normalized spacial score (nSPS) is 16.3. The van der Waals surface area contributed by atoms with Gasteiger partial charge in [0, 0.05) is 29.1 Å². The van der Waals surface area contributed by atoms with E-state index in [-0.39, 0.29) is 40.5 Å². The van der Waals surface area contributed by atoms with Gasteiger partial charge >= 0.3 is 6.03 Å². The van der Waals surface area contributed by atoms with Crippen LogP contribution in [0.4, 0.5) is 18.6 Å². The maximum Gasteiger partial charge on any atom is 0.317 e. The number of halogens is 3. The van der Waals surface area contributed by atoms with E-state index in [0.29, 0.717) is 11.4 Å². The number of benzene rings is 1. The molecule has 1 atom stereocenters. The molecule has 1 fully saturated rings. The van der Waals surface area contributed by atoms with Gasteiger partial charge in [-0.1, -0.05) is 0 Å². The third kappa shape index (κ3) is 5.15. The first-order valence-corrected chi connectivity index (χ1v) is 8.93. The zero-order valence-corrected chi connectivity index (χ0v) is 15.8. The number of carbonyl (C=O) groups excluding carboxylic acids is 2. The number of hydrogen-bond acceptors (Lipinski definition) is 4. The predicted octanol–water partition coefficient (Wildman–Crippen LogP) is 3.09. The molecule has 2 heterocycles. The number of carbonyl (C=O) groups is 2. The van der Waals surface area contributed by atoms with Gasteiger partial charge in [-0.05, 0) is 37.6 Å². The number of nitrogens with one attached hydrogen (secondary N) is 3. The second-order valence-electron chi connectivity index (χ2n) is 5.98. The number of thiophene rings is 1. The maximum absolute atomic E-state index is 14.1. The van der Waals surface area contributed by atoms with Crippen molar-refractivity contribution in [2.45, 2.75) is 18.9 Å². The minimum absolute atomic E-state index is 0. The molecule has 27 heavy (non-hydrogen) atoms. The van der Waals surface area contributed by atoms with Crippen LogP contribution in [0.5, 0.6) is 0 Å². The summed E-state index contributed by atoms with van der Waals surface area (Å²) in [6.45, 7) is 1.57. The molecule has 6 nitrogen and oxygen atoms in total. The molecule has 0 saturated carbocycles. The lowest BCUT2D eigenvalue weighted by Gasteiger charge is -2.23. The Kier molecular flexibility index (Phi) is 7.11. The van der Waals surface area contributed by atoms with Crippen molar-refractivity contribution in [2.24, 2.45) is 5.73 Å². The summed E-state index contributed by atoms with van der Waals surface area (Å²) in [5, 5.41) is 8.71. The van der Waals surface area contributed by atoms with Gasteiger partial charge in [-0.3, -0.25) is 10.1 Å². The van der Waals surface area contributed by atoms with Gasteiger partial charge in [-0.15, -0.1) is 23.7 Å². The van der Waals surface area contributed by atoms with Gasteiger partial charge in [0.25, 0.3) is 5.91 Å². The van der Waals surface area contributed by atoms with E-state index in [4.69, 9.17) is 5.73 Å². The largest absolute Gasteiger partial charge is 0.351 e. The summed E-state index contributed by atoms with van der Waals surface area (Å²) < 4.78 is 27.2. The molecule has 0 spiro atoms. The fourth-order valence-corrected chi connectivity index (χ4v) is 3.91. The van der Waals surface area contributed by atoms with Crippen LogP contribution in [0.2, 0.25) is 0 Å². The van der Waals surface area contributed by atoms with Crippen molar-refractivity contribution in [3.05, 3.63) is 41.5 Å². The van der Waals surface area contributed by atoms with Crippen LogP contribution < -0.4 is 21.7 Å². The lowest BCUT2D eigenvalue weighted by Crippen LogP contribution is -2.45. The van der Waals surface area contributed by atoms with Gasteiger partial charge in [0.05, 0.1) is 5.56 Å². The Labute approximate surface area is 164 Å². The summed E-state index contributed by atoms with van der Waals surface area (Å²) in [4.78, 5) is 24.3. The molecule has 0 bridgehead atoms. The predicted molar refractivity (Wildman–Crippen MR) is 103 cm³/mol. The number of rotatable bonds is 4. The van der Waals surface area contributed by atoms with Gasteiger partial charge in [0.2, 0.25) is 0 Å². The quantitative estimate of drug-likeness (QED) is 0.616. The fraction of sp³-hybridized carbons (Fsp3) is 0.294. The second-order valence-corrected chi connectivity index (χ2v) is 7.04. The van der Waals surface area contributed by atoms with Crippen LogP contribution in [0, 0.1) is 11.6 Å². The Morgan fingerprint density at radius 1 is 1.26 bits per heavy atom. The van der Waals surface area contributed by atoms with E-state index >= 15 is 0 Å². The number of urea groups is 1. The molecule has 10 heteroatoms. The molecule has 0 unspecified atom stereocenters. The number of primary amides is 1. The SMILES string of the molecule is Cl.NC(=O)Nc1sc(-c2ccc(F)cc2F)cc1C(=O)N[C@H]1CCCNC1. The number of amides is 3. The molecule has 1 aliphatic rings. The summed E-state index contributed by atoms with van der Waals surface area (Å²) in [5.41, 5.74) is 5.50. The number of nitrogens with two attached hydrogens (primary N) is 1. The molecular weight excluding hydrogens is 398 g/mol. The van der Waals surface area contributed by atoms with E-state index in [9.17, 15) is 18.4 Å². The fourth-order valence-electron chi connectivity index (χ4n) is 2.82. The molecule has 2 aromatic rings. The van der Waals surface area contributed by atoms with Crippen molar-refractivity contribution < 1.29 is 18.4 Å². The molecule has 0 radical (unpaired) electrons. The Bertz CT molecular complexity index is 840. The average Bonchev–Trinajstić information content (AvgIpc) is 2.98. The zero-order valence-electron chi connectivity index (χ0n) is 14.2. The van der Waals surface area contributed by atoms with Crippen molar-refractivity contribution in [3.8, 4) is 10.4 Å². The highest BCUT2D eigenvalue weighted by Crippen LogP contribution is 2.37. The van der Waals surface area contributed by atoms with Gasteiger partial charge in [-0.25, -0.2) is 13.6 Å². The van der Waals surface area contributed by atoms with E-state index in [1.165, 1.54) is 12.1 Å². The average molecular weight is 417 g/mol. The second kappa shape index (κ2) is 9.12. The van der Waals surface area contributed by atoms with Gasteiger partial charge in [0.1, 0.15) is 16.6 Å². The highest BCUT2D eigenvalue weighted by molar-refractivity contribution is 7.20. The van der Waals surface area contributed by atoms with Crippen LogP contribution in [-0.4, -0.2) is 31.1 Å². The van der Waals surface area contributed by atoms with E-state index in [1.807, 2.05) is 0 Å². The summed E-state index contributed by atoms with van der Waals surface area (Å²) in [7, 11) is 0. The third-order valence-corrected chi connectivity index (χ3v) is 5.13. The van der Waals surface area contributed by atoms with Crippen LogP contribution in [0.25, 0.3) is 10.4 Å². The molecule has 1 aliphatic heterocycles. The lowest BCUT2D eigenvalue weighted by atomic mass is 10.1. The first-order valence-electron chi connectivity index (χ1n) is 8.11. The molecule has 146 valence electrons. The summed E-state index contributed by atoms with van der Waals surface area (Å²) in [6, 6.07) is 3.81. The Morgan fingerprint density at radius 2 is 2.04 bits per heavy atom. The number of hydrogen-bond donors (Lipinski definition) is 4. The van der Waals surface area contributed by atoms with Crippen molar-refractivity contribution >= 4 is 40.7 Å². The van der Waals surface area contributed by atoms with Crippen molar-refractivity contribution in [2.75, 3.05) is 18.4 Å². The van der Waals surface area contributed by atoms with Crippen molar-refractivity contribution in [1.29, 1.82) is 0 Å².